The van der Waals surface area contributed by atoms with E-state index in [0.717, 1.165) is 28.7 Å². The van der Waals surface area contributed by atoms with Gasteiger partial charge in [0.15, 0.2) is 5.16 Å². The fourth-order valence-corrected chi connectivity index (χ4v) is 6.48. The molecule has 4 fully saturated rings. The van der Waals surface area contributed by atoms with Gasteiger partial charge in [0.2, 0.25) is 5.91 Å². The van der Waals surface area contributed by atoms with Crippen molar-refractivity contribution in [1.82, 2.24) is 20.1 Å². The summed E-state index contributed by atoms with van der Waals surface area (Å²) in [6.07, 6.45) is 11.1. The van der Waals surface area contributed by atoms with Gasteiger partial charge in [0.1, 0.15) is 12.1 Å². The summed E-state index contributed by atoms with van der Waals surface area (Å²) in [6, 6.07) is 3.79. The van der Waals surface area contributed by atoms with Crippen LogP contribution in [0.2, 0.25) is 0 Å². The van der Waals surface area contributed by atoms with E-state index < -0.39 is 0 Å². The molecule has 4 saturated carbocycles. The lowest BCUT2D eigenvalue weighted by molar-refractivity contribution is -0.124. The minimum atomic E-state index is 0.0776. The Hall–Kier alpha value is -1.76. The van der Waals surface area contributed by atoms with Crippen LogP contribution in [0.1, 0.15) is 44.3 Å². The molecule has 0 unspecified atom stereocenters. The van der Waals surface area contributed by atoms with Crippen molar-refractivity contribution in [3.8, 4) is 0 Å². The first-order chi connectivity index (χ1) is 12.7. The molecule has 2 aromatic heterocycles. The molecule has 0 atom stereocenters. The summed E-state index contributed by atoms with van der Waals surface area (Å²) in [5.41, 5.74) is 0.0776. The van der Waals surface area contributed by atoms with Gasteiger partial charge in [-0.05, 0) is 68.4 Å². The number of amides is 1. The first-order valence-electron chi connectivity index (χ1n) is 9.51. The van der Waals surface area contributed by atoms with E-state index in [1.807, 2.05) is 16.7 Å². The quantitative estimate of drug-likeness (QED) is 0.789. The molecule has 4 aliphatic rings. The standard InChI is InChI=1S/C19H24N4O2S/c24-17(21-19-7-13-4-14(8-19)6-15(5-13)9-19)11-26-18-22-20-12-23(18)10-16-2-1-3-25-16/h1-3,12-15H,4-11H2,(H,21,24). The van der Waals surface area contributed by atoms with E-state index in [1.165, 1.54) is 50.3 Å². The molecule has 0 aromatic carbocycles. The van der Waals surface area contributed by atoms with Crippen LogP contribution in [-0.4, -0.2) is 32.0 Å². The summed E-state index contributed by atoms with van der Waals surface area (Å²) in [5, 5.41) is 12.3. The lowest BCUT2D eigenvalue weighted by Crippen LogP contribution is -2.60. The SMILES string of the molecule is O=C(CSc1nncn1Cc1ccco1)NC12CC3CC(CC(C3)C1)C2. The molecule has 4 bridgehead atoms. The van der Waals surface area contributed by atoms with Gasteiger partial charge >= 0.3 is 0 Å². The fraction of sp³-hybridized carbons (Fsp3) is 0.632. The Labute approximate surface area is 157 Å². The van der Waals surface area contributed by atoms with Gasteiger partial charge in [-0.2, -0.15) is 0 Å². The van der Waals surface area contributed by atoms with Crippen molar-refractivity contribution in [3.05, 3.63) is 30.5 Å². The molecule has 1 amide bonds. The van der Waals surface area contributed by atoms with Crippen LogP contribution in [0.25, 0.3) is 0 Å². The molecule has 0 spiro atoms. The molecule has 138 valence electrons. The van der Waals surface area contributed by atoms with Crippen LogP contribution in [0, 0.1) is 17.8 Å². The van der Waals surface area contributed by atoms with Gasteiger partial charge in [-0.3, -0.25) is 4.79 Å². The van der Waals surface area contributed by atoms with Gasteiger partial charge in [0, 0.05) is 5.54 Å². The Kier molecular flexibility index (Phi) is 4.07. The van der Waals surface area contributed by atoms with Crippen molar-refractivity contribution >= 4 is 17.7 Å². The van der Waals surface area contributed by atoms with Gasteiger partial charge in [-0.1, -0.05) is 11.8 Å². The first kappa shape index (κ1) is 16.4. The van der Waals surface area contributed by atoms with Crippen molar-refractivity contribution < 1.29 is 9.21 Å². The fourth-order valence-electron chi connectivity index (χ4n) is 5.76. The van der Waals surface area contributed by atoms with Crippen LogP contribution in [0.5, 0.6) is 0 Å². The number of nitrogens with one attached hydrogen (secondary N) is 1. The average molecular weight is 372 g/mol. The summed E-state index contributed by atoms with van der Waals surface area (Å²) in [4.78, 5) is 12.6. The van der Waals surface area contributed by atoms with E-state index >= 15 is 0 Å². The molecule has 6 rings (SSSR count). The monoisotopic (exact) mass is 372 g/mol. The average Bonchev–Trinajstić information content (AvgIpc) is 3.23. The Bertz CT molecular complexity index is 750. The number of hydrogen-bond donors (Lipinski definition) is 1. The van der Waals surface area contributed by atoms with Crippen LogP contribution in [0.3, 0.4) is 0 Å². The molecule has 0 saturated heterocycles. The molecule has 0 radical (unpaired) electrons. The van der Waals surface area contributed by atoms with E-state index in [4.69, 9.17) is 4.42 Å². The number of carbonyl (C=O) groups is 1. The maximum absolute atomic E-state index is 12.6. The molecule has 4 aliphatic carbocycles. The maximum atomic E-state index is 12.6. The van der Waals surface area contributed by atoms with Gasteiger partial charge in [-0.25, -0.2) is 0 Å². The number of rotatable bonds is 6. The molecular weight excluding hydrogens is 348 g/mol. The second-order valence-corrected chi connectivity index (χ2v) is 9.30. The molecule has 7 heteroatoms. The second kappa shape index (κ2) is 6.44. The van der Waals surface area contributed by atoms with Gasteiger partial charge in [-0.15, -0.1) is 10.2 Å². The lowest BCUT2D eigenvalue weighted by Gasteiger charge is -2.56. The highest BCUT2D eigenvalue weighted by Gasteiger charge is 2.51. The van der Waals surface area contributed by atoms with Crippen LogP contribution in [0.15, 0.2) is 34.3 Å². The summed E-state index contributed by atoms with van der Waals surface area (Å²) < 4.78 is 7.30. The number of furan rings is 1. The molecule has 1 N–H and O–H groups in total. The number of carbonyl (C=O) groups excluding carboxylic acids is 1. The summed E-state index contributed by atoms with van der Waals surface area (Å²) >= 11 is 1.45. The van der Waals surface area contributed by atoms with Crippen LogP contribution in [0.4, 0.5) is 0 Å². The van der Waals surface area contributed by atoms with Crippen LogP contribution < -0.4 is 5.32 Å². The highest BCUT2D eigenvalue weighted by atomic mass is 32.2. The summed E-state index contributed by atoms with van der Waals surface area (Å²) in [5.74, 6) is 3.88. The number of thioether (sulfide) groups is 1. The van der Waals surface area contributed by atoms with Crippen molar-refractivity contribution in [2.45, 2.75) is 55.8 Å². The van der Waals surface area contributed by atoms with Crippen molar-refractivity contribution in [3.63, 3.8) is 0 Å². The Balaban J connectivity index is 1.19. The molecule has 2 heterocycles. The Morgan fingerprint density at radius 2 is 2.00 bits per heavy atom. The highest BCUT2D eigenvalue weighted by Crippen LogP contribution is 2.55. The third-order valence-electron chi connectivity index (χ3n) is 6.26. The van der Waals surface area contributed by atoms with Crippen molar-refractivity contribution in [2.75, 3.05) is 5.75 Å². The largest absolute Gasteiger partial charge is 0.467 e. The molecule has 2 aromatic rings. The molecule has 0 aliphatic heterocycles. The zero-order valence-electron chi connectivity index (χ0n) is 14.8. The second-order valence-electron chi connectivity index (χ2n) is 8.36. The predicted octanol–water partition coefficient (Wildman–Crippen LogP) is 3.10. The van der Waals surface area contributed by atoms with Gasteiger partial charge in [0.05, 0.1) is 18.6 Å². The highest BCUT2D eigenvalue weighted by molar-refractivity contribution is 7.99. The molecule has 26 heavy (non-hydrogen) atoms. The topological polar surface area (TPSA) is 73.0 Å². The summed E-state index contributed by atoms with van der Waals surface area (Å²) in [7, 11) is 0. The zero-order valence-corrected chi connectivity index (χ0v) is 15.6. The normalized spacial score (nSPS) is 32.1. The van der Waals surface area contributed by atoms with E-state index in [1.54, 1.807) is 12.6 Å². The van der Waals surface area contributed by atoms with Crippen LogP contribution in [-0.2, 0) is 11.3 Å². The van der Waals surface area contributed by atoms with Crippen LogP contribution >= 0.6 is 11.8 Å². The Morgan fingerprint density at radius 1 is 1.27 bits per heavy atom. The first-order valence-corrected chi connectivity index (χ1v) is 10.5. The van der Waals surface area contributed by atoms with E-state index in [9.17, 15) is 4.79 Å². The lowest BCUT2D eigenvalue weighted by atomic mass is 9.53. The maximum Gasteiger partial charge on any atom is 0.230 e. The minimum absolute atomic E-state index is 0.0776. The third kappa shape index (κ3) is 3.17. The van der Waals surface area contributed by atoms with Gasteiger partial charge < -0.3 is 14.3 Å². The summed E-state index contributed by atoms with van der Waals surface area (Å²) in [6.45, 7) is 0.582. The van der Waals surface area contributed by atoms with Crippen molar-refractivity contribution in [1.29, 1.82) is 0 Å². The number of nitrogens with zero attached hydrogens (tertiary/aromatic N) is 3. The van der Waals surface area contributed by atoms with Gasteiger partial charge in [0.25, 0.3) is 0 Å². The minimum Gasteiger partial charge on any atom is -0.467 e. The molecule has 6 nitrogen and oxygen atoms in total. The Morgan fingerprint density at radius 3 is 2.65 bits per heavy atom. The van der Waals surface area contributed by atoms with E-state index in [-0.39, 0.29) is 11.4 Å². The predicted molar refractivity (Wildman–Crippen MR) is 97.6 cm³/mol. The van der Waals surface area contributed by atoms with E-state index in [2.05, 4.69) is 15.5 Å². The third-order valence-corrected chi connectivity index (χ3v) is 7.24. The van der Waals surface area contributed by atoms with Crippen molar-refractivity contribution in [2.24, 2.45) is 17.8 Å². The molecular formula is C19H24N4O2S. The smallest absolute Gasteiger partial charge is 0.230 e. The number of aromatic nitrogens is 3. The number of hydrogen-bond acceptors (Lipinski definition) is 5. The zero-order chi connectivity index (χ0) is 17.6. The van der Waals surface area contributed by atoms with E-state index in [0.29, 0.717) is 12.3 Å².